The van der Waals surface area contributed by atoms with E-state index in [0.29, 0.717) is 0 Å². The Hall–Kier alpha value is -6.76. The van der Waals surface area contributed by atoms with E-state index in [9.17, 15) is 0 Å². The standard InChI is InChI=1S/C52H34/c1-4-14-35(15-5-1)38-24-26-39(27-25-38)51-46-30-28-41(37-18-8-3-9-19-37)33-50(46)52(47-31-29-40(32-49(47)51)36-16-6-2-7-17-36)48-34-42-20-10-11-21-43(42)44-22-12-13-23-45(44)48/h1-34H. The van der Waals surface area contributed by atoms with Crippen molar-refractivity contribution >= 4 is 43.1 Å². The van der Waals surface area contributed by atoms with Crippen LogP contribution in [0.25, 0.3) is 98.7 Å². The first kappa shape index (κ1) is 30.1. The van der Waals surface area contributed by atoms with Gasteiger partial charge in [0.2, 0.25) is 0 Å². The van der Waals surface area contributed by atoms with Crippen molar-refractivity contribution < 1.29 is 0 Å². The molecule has 0 N–H and O–H groups in total. The molecule has 0 nitrogen and oxygen atoms in total. The van der Waals surface area contributed by atoms with Crippen molar-refractivity contribution in [2.75, 3.05) is 0 Å². The second-order valence-corrected chi connectivity index (χ2v) is 13.6. The van der Waals surface area contributed by atoms with E-state index in [4.69, 9.17) is 0 Å². The lowest BCUT2D eigenvalue weighted by Gasteiger charge is -2.21. The number of benzene rings is 10. The van der Waals surface area contributed by atoms with Crippen LogP contribution < -0.4 is 0 Å². The third-order valence-corrected chi connectivity index (χ3v) is 10.6. The fourth-order valence-corrected chi connectivity index (χ4v) is 8.17. The molecule has 0 aliphatic carbocycles. The van der Waals surface area contributed by atoms with Crippen molar-refractivity contribution in [1.82, 2.24) is 0 Å². The molecule has 0 heteroatoms. The van der Waals surface area contributed by atoms with Gasteiger partial charge < -0.3 is 0 Å². The molecule has 0 fully saturated rings. The fraction of sp³-hybridized carbons (Fsp3) is 0. The summed E-state index contributed by atoms with van der Waals surface area (Å²) in [5.74, 6) is 0. The monoisotopic (exact) mass is 658 g/mol. The van der Waals surface area contributed by atoms with E-state index in [2.05, 4.69) is 206 Å². The number of fused-ring (bicyclic) bond motifs is 5. The van der Waals surface area contributed by atoms with Gasteiger partial charge in [-0.2, -0.15) is 0 Å². The maximum absolute atomic E-state index is 2.43. The summed E-state index contributed by atoms with van der Waals surface area (Å²) in [6, 6.07) is 75.6. The summed E-state index contributed by atoms with van der Waals surface area (Å²) in [4.78, 5) is 0. The van der Waals surface area contributed by atoms with Crippen LogP contribution in [0.3, 0.4) is 0 Å². The van der Waals surface area contributed by atoms with E-state index in [-0.39, 0.29) is 0 Å². The maximum atomic E-state index is 2.43. The molecule has 0 saturated heterocycles. The van der Waals surface area contributed by atoms with Crippen LogP contribution in [0.2, 0.25) is 0 Å². The molecular weight excluding hydrogens is 625 g/mol. The molecule has 0 bridgehead atoms. The van der Waals surface area contributed by atoms with Gasteiger partial charge in [0, 0.05) is 0 Å². The zero-order chi connectivity index (χ0) is 34.4. The number of rotatable bonds is 5. The molecule has 0 radical (unpaired) electrons. The van der Waals surface area contributed by atoms with Crippen LogP contribution in [-0.4, -0.2) is 0 Å². The Kier molecular flexibility index (Phi) is 7.25. The second kappa shape index (κ2) is 12.5. The highest BCUT2D eigenvalue weighted by atomic mass is 14.2. The molecule has 0 saturated carbocycles. The van der Waals surface area contributed by atoms with E-state index >= 15 is 0 Å². The van der Waals surface area contributed by atoms with Gasteiger partial charge in [-0.1, -0.05) is 188 Å². The molecule has 0 amide bonds. The summed E-state index contributed by atoms with van der Waals surface area (Å²) in [5.41, 5.74) is 12.3. The van der Waals surface area contributed by atoms with Gasteiger partial charge in [-0.05, 0) is 117 Å². The Bertz CT molecular complexity index is 2900. The average molecular weight is 659 g/mol. The van der Waals surface area contributed by atoms with Gasteiger partial charge in [0.1, 0.15) is 0 Å². The summed E-state index contributed by atoms with van der Waals surface area (Å²) in [7, 11) is 0. The third kappa shape index (κ3) is 5.08. The molecule has 0 atom stereocenters. The molecule has 0 heterocycles. The molecule has 10 aromatic rings. The molecule has 0 unspecified atom stereocenters. The topological polar surface area (TPSA) is 0 Å². The lowest BCUT2D eigenvalue weighted by Crippen LogP contribution is -1.94. The lowest BCUT2D eigenvalue weighted by molar-refractivity contribution is 1.60. The van der Waals surface area contributed by atoms with E-state index < -0.39 is 0 Å². The van der Waals surface area contributed by atoms with Gasteiger partial charge in [-0.3, -0.25) is 0 Å². The first-order valence-electron chi connectivity index (χ1n) is 18.0. The molecule has 242 valence electrons. The highest BCUT2D eigenvalue weighted by Gasteiger charge is 2.21. The largest absolute Gasteiger partial charge is 0.0622 e. The molecule has 0 aliphatic heterocycles. The van der Waals surface area contributed by atoms with Crippen LogP contribution >= 0.6 is 0 Å². The van der Waals surface area contributed by atoms with E-state index in [1.54, 1.807) is 0 Å². The van der Waals surface area contributed by atoms with E-state index in [1.165, 1.54) is 98.7 Å². The van der Waals surface area contributed by atoms with Crippen molar-refractivity contribution in [3.05, 3.63) is 206 Å². The van der Waals surface area contributed by atoms with Crippen LogP contribution in [0, 0.1) is 0 Å². The molecule has 0 aromatic heterocycles. The second-order valence-electron chi connectivity index (χ2n) is 13.6. The smallest absolute Gasteiger partial charge is 0.00197 e. The molecule has 0 spiro atoms. The fourth-order valence-electron chi connectivity index (χ4n) is 8.17. The van der Waals surface area contributed by atoms with Crippen LogP contribution in [0.4, 0.5) is 0 Å². The van der Waals surface area contributed by atoms with Crippen molar-refractivity contribution in [2.45, 2.75) is 0 Å². The first-order valence-corrected chi connectivity index (χ1v) is 18.0. The minimum absolute atomic E-state index is 1.21. The van der Waals surface area contributed by atoms with E-state index in [0.717, 1.165) is 0 Å². The Morgan fingerprint density at radius 1 is 0.192 bits per heavy atom. The molecule has 52 heavy (non-hydrogen) atoms. The highest BCUT2D eigenvalue weighted by Crippen LogP contribution is 2.48. The number of hydrogen-bond acceptors (Lipinski definition) is 0. The minimum atomic E-state index is 1.21. The normalized spacial score (nSPS) is 11.5. The Morgan fingerprint density at radius 2 is 0.596 bits per heavy atom. The maximum Gasteiger partial charge on any atom is -0.00197 e. The first-order chi connectivity index (χ1) is 25.8. The van der Waals surface area contributed by atoms with Gasteiger partial charge in [0.15, 0.2) is 0 Å². The zero-order valence-corrected chi connectivity index (χ0v) is 28.6. The lowest BCUT2D eigenvalue weighted by atomic mass is 9.82. The van der Waals surface area contributed by atoms with Crippen LogP contribution in [0.15, 0.2) is 206 Å². The average Bonchev–Trinajstić information content (AvgIpc) is 3.23. The summed E-state index contributed by atoms with van der Waals surface area (Å²) in [5, 5.41) is 10.1. The van der Waals surface area contributed by atoms with Crippen molar-refractivity contribution in [3.8, 4) is 55.6 Å². The van der Waals surface area contributed by atoms with Gasteiger partial charge in [0.05, 0.1) is 0 Å². The predicted molar refractivity (Wildman–Crippen MR) is 224 cm³/mol. The van der Waals surface area contributed by atoms with Gasteiger partial charge in [-0.15, -0.1) is 0 Å². The summed E-state index contributed by atoms with van der Waals surface area (Å²) in [6.45, 7) is 0. The zero-order valence-electron chi connectivity index (χ0n) is 28.6. The SMILES string of the molecule is c1ccc(-c2ccc(-c3c4cc(-c5ccccc5)ccc4c(-c4cc5ccccc5c5ccccc45)c4cc(-c5ccccc5)ccc34)cc2)cc1. The Labute approximate surface area is 303 Å². The molecule has 10 aromatic carbocycles. The van der Waals surface area contributed by atoms with Crippen LogP contribution in [-0.2, 0) is 0 Å². The Balaban J connectivity index is 1.35. The quantitative estimate of drug-likeness (QED) is 0.128. The summed E-state index contributed by atoms with van der Waals surface area (Å²) in [6.07, 6.45) is 0. The predicted octanol–water partition coefficient (Wildman–Crippen LogP) is 14.6. The van der Waals surface area contributed by atoms with Crippen LogP contribution in [0.1, 0.15) is 0 Å². The third-order valence-electron chi connectivity index (χ3n) is 10.6. The van der Waals surface area contributed by atoms with Gasteiger partial charge in [-0.25, -0.2) is 0 Å². The Morgan fingerprint density at radius 3 is 1.19 bits per heavy atom. The van der Waals surface area contributed by atoms with Crippen molar-refractivity contribution in [3.63, 3.8) is 0 Å². The van der Waals surface area contributed by atoms with E-state index in [1.807, 2.05) is 0 Å². The molecule has 0 aliphatic rings. The van der Waals surface area contributed by atoms with Crippen molar-refractivity contribution in [1.29, 1.82) is 0 Å². The van der Waals surface area contributed by atoms with Gasteiger partial charge >= 0.3 is 0 Å². The summed E-state index contributed by atoms with van der Waals surface area (Å²) >= 11 is 0. The number of hydrogen-bond donors (Lipinski definition) is 0. The molecule has 10 rings (SSSR count). The van der Waals surface area contributed by atoms with Crippen LogP contribution in [0.5, 0.6) is 0 Å². The summed E-state index contributed by atoms with van der Waals surface area (Å²) < 4.78 is 0. The van der Waals surface area contributed by atoms with Gasteiger partial charge in [0.25, 0.3) is 0 Å². The molecular formula is C52H34. The van der Waals surface area contributed by atoms with Crippen molar-refractivity contribution in [2.24, 2.45) is 0 Å². The minimum Gasteiger partial charge on any atom is -0.0622 e. The highest BCUT2D eigenvalue weighted by molar-refractivity contribution is 6.26.